The number of carboxylic acids is 1. The fraction of sp³-hybridized carbons (Fsp3) is 0.167. The van der Waals surface area contributed by atoms with Crippen LogP contribution in [-0.4, -0.2) is 20.9 Å². The monoisotopic (exact) mass is 250 g/mol. The van der Waals surface area contributed by atoms with E-state index in [1.54, 1.807) is 42.8 Å². The van der Waals surface area contributed by atoms with Gasteiger partial charge in [-0.05, 0) is 26.0 Å². The molecular formula is C12H11ClN2O2. The number of rotatable bonds is 2. The summed E-state index contributed by atoms with van der Waals surface area (Å²) in [7, 11) is 0. The van der Waals surface area contributed by atoms with Crippen LogP contribution in [-0.2, 0) is 0 Å². The summed E-state index contributed by atoms with van der Waals surface area (Å²) in [6.45, 7) is 3.59. The van der Waals surface area contributed by atoms with Gasteiger partial charge in [0.25, 0.3) is 0 Å². The van der Waals surface area contributed by atoms with E-state index in [4.69, 9.17) is 16.7 Å². The van der Waals surface area contributed by atoms with E-state index in [9.17, 15) is 4.79 Å². The maximum atomic E-state index is 11.1. The molecule has 0 aliphatic rings. The summed E-state index contributed by atoms with van der Waals surface area (Å²) in [5.41, 5.74) is 2.14. The van der Waals surface area contributed by atoms with Crippen molar-refractivity contribution in [2.45, 2.75) is 13.8 Å². The molecule has 0 radical (unpaired) electrons. The SMILES string of the molecule is Cc1nn(-c2ccccc2C(=O)O)c(C)c1Cl. The molecule has 4 nitrogen and oxygen atoms in total. The number of carbonyl (C=O) groups is 1. The Morgan fingerprint density at radius 2 is 2.00 bits per heavy atom. The highest BCUT2D eigenvalue weighted by atomic mass is 35.5. The average Bonchev–Trinajstić information content (AvgIpc) is 2.57. The van der Waals surface area contributed by atoms with Crippen molar-refractivity contribution in [3.8, 4) is 5.69 Å². The predicted octanol–water partition coefficient (Wildman–Crippen LogP) is 2.84. The molecule has 88 valence electrons. The second kappa shape index (κ2) is 4.22. The summed E-state index contributed by atoms with van der Waals surface area (Å²) in [6, 6.07) is 6.70. The highest BCUT2D eigenvalue weighted by Crippen LogP contribution is 2.24. The quantitative estimate of drug-likeness (QED) is 0.892. The molecule has 5 heteroatoms. The van der Waals surface area contributed by atoms with Crippen molar-refractivity contribution in [3.63, 3.8) is 0 Å². The zero-order valence-corrected chi connectivity index (χ0v) is 10.2. The predicted molar refractivity (Wildman–Crippen MR) is 65.0 cm³/mol. The van der Waals surface area contributed by atoms with E-state index >= 15 is 0 Å². The Morgan fingerprint density at radius 1 is 1.35 bits per heavy atom. The van der Waals surface area contributed by atoms with Crippen molar-refractivity contribution < 1.29 is 9.90 Å². The number of para-hydroxylation sites is 1. The van der Waals surface area contributed by atoms with Crippen LogP contribution in [0.4, 0.5) is 0 Å². The molecule has 0 saturated carbocycles. The van der Waals surface area contributed by atoms with Gasteiger partial charge in [-0.1, -0.05) is 23.7 Å². The summed E-state index contributed by atoms with van der Waals surface area (Å²) >= 11 is 6.05. The molecule has 0 atom stereocenters. The van der Waals surface area contributed by atoms with Crippen LogP contribution in [0.25, 0.3) is 5.69 Å². The number of aromatic nitrogens is 2. The van der Waals surface area contributed by atoms with Gasteiger partial charge < -0.3 is 5.11 Å². The maximum Gasteiger partial charge on any atom is 0.337 e. The molecule has 1 aromatic carbocycles. The van der Waals surface area contributed by atoms with E-state index in [1.807, 2.05) is 0 Å². The number of aryl methyl sites for hydroxylation is 1. The van der Waals surface area contributed by atoms with E-state index in [0.29, 0.717) is 16.4 Å². The third-order valence-corrected chi connectivity index (χ3v) is 3.11. The highest BCUT2D eigenvalue weighted by Gasteiger charge is 2.16. The van der Waals surface area contributed by atoms with Crippen LogP contribution in [0.15, 0.2) is 24.3 Å². The second-order valence-electron chi connectivity index (χ2n) is 3.72. The number of halogens is 1. The van der Waals surface area contributed by atoms with Gasteiger partial charge in [-0.15, -0.1) is 0 Å². The van der Waals surface area contributed by atoms with Crippen LogP contribution >= 0.6 is 11.6 Å². The molecule has 0 bridgehead atoms. The van der Waals surface area contributed by atoms with Gasteiger partial charge >= 0.3 is 5.97 Å². The van der Waals surface area contributed by atoms with Crippen LogP contribution in [0.2, 0.25) is 5.02 Å². The van der Waals surface area contributed by atoms with E-state index in [2.05, 4.69) is 5.10 Å². The molecular weight excluding hydrogens is 240 g/mol. The Kier molecular flexibility index (Phi) is 2.90. The number of aromatic carboxylic acids is 1. The second-order valence-corrected chi connectivity index (χ2v) is 4.10. The van der Waals surface area contributed by atoms with Gasteiger partial charge in [0.05, 0.1) is 27.7 Å². The minimum absolute atomic E-state index is 0.203. The largest absolute Gasteiger partial charge is 0.478 e. The van der Waals surface area contributed by atoms with Gasteiger partial charge in [0, 0.05) is 0 Å². The number of nitrogens with zero attached hydrogens (tertiary/aromatic N) is 2. The number of hydrogen-bond donors (Lipinski definition) is 1. The zero-order chi connectivity index (χ0) is 12.6. The van der Waals surface area contributed by atoms with Gasteiger partial charge in [0.2, 0.25) is 0 Å². The van der Waals surface area contributed by atoms with Crippen LogP contribution in [0, 0.1) is 13.8 Å². The standard InChI is InChI=1S/C12H11ClN2O2/c1-7-11(13)8(2)15(14-7)10-6-4-3-5-9(10)12(16)17/h3-6H,1-2H3,(H,16,17). The minimum atomic E-state index is -0.982. The van der Waals surface area contributed by atoms with Crippen molar-refractivity contribution in [2.75, 3.05) is 0 Å². The van der Waals surface area contributed by atoms with Crippen molar-refractivity contribution in [3.05, 3.63) is 46.2 Å². The number of carboxylic acid groups (broad SMARTS) is 1. The molecule has 1 heterocycles. The van der Waals surface area contributed by atoms with Crippen molar-refractivity contribution in [2.24, 2.45) is 0 Å². The molecule has 0 unspecified atom stereocenters. The summed E-state index contributed by atoms with van der Waals surface area (Å²) in [6.07, 6.45) is 0. The third kappa shape index (κ3) is 1.91. The molecule has 17 heavy (non-hydrogen) atoms. The fourth-order valence-corrected chi connectivity index (χ4v) is 1.82. The van der Waals surface area contributed by atoms with Gasteiger partial charge in [0.1, 0.15) is 0 Å². The van der Waals surface area contributed by atoms with Crippen LogP contribution < -0.4 is 0 Å². The van der Waals surface area contributed by atoms with Gasteiger partial charge in [-0.3, -0.25) is 0 Å². The van der Waals surface area contributed by atoms with Crippen molar-refractivity contribution >= 4 is 17.6 Å². The first-order valence-corrected chi connectivity index (χ1v) is 5.44. The van der Waals surface area contributed by atoms with E-state index < -0.39 is 5.97 Å². The molecule has 1 N–H and O–H groups in total. The Labute approximate surface area is 103 Å². The minimum Gasteiger partial charge on any atom is -0.478 e. The highest BCUT2D eigenvalue weighted by molar-refractivity contribution is 6.31. The Morgan fingerprint density at radius 3 is 2.53 bits per heavy atom. The van der Waals surface area contributed by atoms with Crippen molar-refractivity contribution in [1.29, 1.82) is 0 Å². The van der Waals surface area contributed by atoms with Crippen LogP contribution in [0.5, 0.6) is 0 Å². The number of benzene rings is 1. The van der Waals surface area contributed by atoms with E-state index in [1.165, 1.54) is 0 Å². The normalized spacial score (nSPS) is 10.5. The Bertz CT molecular complexity index is 590. The topological polar surface area (TPSA) is 55.1 Å². The van der Waals surface area contributed by atoms with Gasteiger partial charge in [0.15, 0.2) is 0 Å². The lowest BCUT2D eigenvalue weighted by Gasteiger charge is -2.07. The van der Waals surface area contributed by atoms with Crippen molar-refractivity contribution in [1.82, 2.24) is 9.78 Å². The lowest BCUT2D eigenvalue weighted by atomic mass is 10.2. The maximum absolute atomic E-state index is 11.1. The van der Waals surface area contributed by atoms with Gasteiger partial charge in [-0.25, -0.2) is 9.48 Å². The molecule has 0 aliphatic heterocycles. The molecule has 2 rings (SSSR count). The summed E-state index contributed by atoms with van der Waals surface area (Å²) in [4.78, 5) is 11.1. The summed E-state index contributed by atoms with van der Waals surface area (Å²) in [5.74, 6) is -0.982. The van der Waals surface area contributed by atoms with Crippen LogP contribution in [0.1, 0.15) is 21.7 Å². The Hall–Kier alpha value is -1.81. The molecule has 1 aromatic heterocycles. The first kappa shape index (κ1) is 11.7. The zero-order valence-electron chi connectivity index (χ0n) is 9.44. The Balaban J connectivity index is 2.68. The molecule has 0 saturated heterocycles. The smallest absolute Gasteiger partial charge is 0.337 e. The first-order chi connectivity index (χ1) is 8.02. The molecule has 2 aromatic rings. The molecule has 0 amide bonds. The summed E-state index contributed by atoms with van der Waals surface area (Å²) in [5, 5.41) is 13.9. The van der Waals surface area contributed by atoms with Gasteiger partial charge in [-0.2, -0.15) is 5.10 Å². The van der Waals surface area contributed by atoms with E-state index in [0.717, 1.165) is 5.69 Å². The lowest BCUT2D eigenvalue weighted by Crippen LogP contribution is -2.07. The first-order valence-electron chi connectivity index (χ1n) is 5.06. The van der Waals surface area contributed by atoms with Crippen LogP contribution in [0.3, 0.4) is 0 Å². The third-order valence-electron chi connectivity index (χ3n) is 2.57. The fourth-order valence-electron chi connectivity index (χ4n) is 1.70. The molecule has 0 spiro atoms. The lowest BCUT2D eigenvalue weighted by molar-refractivity contribution is 0.0696. The average molecular weight is 251 g/mol. The number of hydrogen-bond acceptors (Lipinski definition) is 2. The molecule has 0 fully saturated rings. The summed E-state index contributed by atoms with van der Waals surface area (Å²) < 4.78 is 1.56. The molecule has 0 aliphatic carbocycles. The van der Waals surface area contributed by atoms with E-state index in [-0.39, 0.29) is 5.56 Å².